The van der Waals surface area contributed by atoms with Crippen molar-refractivity contribution < 1.29 is 23.8 Å². The van der Waals surface area contributed by atoms with Crippen LogP contribution in [0.25, 0.3) is 0 Å². The van der Waals surface area contributed by atoms with Crippen molar-refractivity contribution in [1.29, 1.82) is 0 Å². The highest BCUT2D eigenvalue weighted by Crippen LogP contribution is 2.21. The highest BCUT2D eigenvalue weighted by molar-refractivity contribution is 9.10. The second-order valence-electron chi connectivity index (χ2n) is 11.5. The van der Waals surface area contributed by atoms with Crippen LogP contribution in [0.1, 0.15) is 78.6 Å². The summed E-state index contributed by atoms with van der Waals surface area (Å²) in [4.78, 5) is 25.7. The van der Waals surface area contributed by atoms with Crippen molar-refractivity contribution in [2.75, 3.05) is 31.2 Å². The molecule has 39 heavy (non-hydrogen) atoms. The third-order valence-electron chi connectivity index (χ3n) is 5.61. The van der Waals surface area contributed by atoms with Gasteiger partial charge >= 0.3 is 12.2 Å². The van der Waals surface area contributed by atoms with Gasteiger partial charge in [0.15, 0.2) is 0 Å². The lowest BCUT2D eigenvalue weighted by Crippen LogP contribution is -2.36. The number of anilines is 1. The summed E-state index contributed by atoms with van der Waals surface area (Å²) < 4.78 is 16.9. The number of carbonyl (C=O) groups is 2. The summed E-state index contributed by atoms with van der Waals surface area (Å²) in [5.74, 6) is 0. The largest absolute Gasteiger partial charge is 0.444 e. The van der Waals surface area contributed by atoms with Crippen LogP contribution in [0.4, 0.5) is 15.3 Å². The minimum absolute atomic E-state index is 0.0713. The van der Waals surface area contributed by atoms with Crippen LogP contribution in [0.15, 0.2) is 53.0 Å². The number of nitrogens with one attached hydrogen (secondary N) is 2. The second-order valence-corrected chi connectivity index (χ2v) is 12.4. The van der Waals surface area contributed by atoms with Crippen LogP contribution in [-0.2, 0) is 14.2 Å². The fourth-order valence-corrected chi connectivity index (χ4v) is 3.95. The van der Waals surface area contributed by atoms with Crippen molar-refractivity contribution in [1.82, 2.24) is 10.6 Å². The van der Waals surface area contributed by atoms with E-state index < -0.39 is 23.4 Å². The van der Waals surface area contributed by atoms with E-state index in [0.29, 0.717) is 0 Å². The first-order valence-electron chi connectivity index (χ1n) is 13.3. The Morgan fingerprint density at radius 3 is 1.54 bits per heavy atom. The lowest BCUT2D eigenvalue weighted by Gasteiger charge is -2.29. The van der Waals surface area contributed by atoms with Crippen LogP contribution >= 0.6 is 15.9 Å². The van der Waals surface area contributed by atoms with Gasteiger partial charge in [0.25, 0.3) is 0 Å². The Balaban J connectivity index is 0.000000283. The second kappa shape index (κ2) is 14.6. The van der Waals surface area contributed by atoms with Crippen molar-refractivity contribution in [2.24, 2.45) is 0 Å². The topological polar surface area (TPSA) is 89.1 Å². The molecule has 0 aromatic heterocycles. The number of rotatable bonds is 5. The first-order valence-corrected chi connectivity index (χ1v) is 14.1. The van der Waals surface area contributed by atoms with Gasteiger partial charge in [-0.05, 0) is 90.8 Å². The van der Waals surface area contributed by atoms with E-state index in [9.17, 15) is 9.59 Å². The Bertz CT molecular complexity index is 1040. The molecular weight excluding hydrogens is 562 g/mol. The van der Waals surface area contributed by atoms with Gasteiger partial charge < -0.3 is 29.7 Å². The van der Waals surface area contributed by atoms with Crippen molar-refractivity contribution in [3.8, 4) is 0 Å². The van der Waals surface area contributed by atoms with Gasteiger partial charge in [0.05, 0.1) is 25.3 Å². The fourth-order valence-electron chi connectivity index (χ4n) is 3.68. The van der Waals surface area contributed by atoms with Crippen molar-refractivity contribution in [3.63, 3.8) is 0 Å². The molecule has 1 saturated heterocycles. The number of carbonyl (C=O) groups excluding carboxylic acids is 2. The predicted octanol–water partition coefficient (Wildman–Crippen LogP) is 7.14. The highest BCUT2D eigenvalue weighted by atomic mass is 79.9. The van der Waals surface area contributed by atoms with E-state index in [2.05, 4.69) is 43.6 Å². The molecule has 2 N–H and O–H groups in total. The van der Waals surface area contributed by atoms with Crippen molar-refractivity contribution in [2.45, 2.75) is 78.7 Å². The van der Waals surface area contributed by atoms with E-state index in [1.165, 1.54) is 5.69 Å². The molecule has 3 rings (SSSR count). The molecular formula is C30H44BrN3O5. The molecule has 9 heteroatoms. The Morgan fingerprint density at radius 1 is 0.769 bits per heavy atom. The standard InChI is InChI=1S/C17H26N2O3.C13H18BrNO2/c1-13(18-16(20)22-17(2,3)4)14-5-7-15(8-6-14)19-9-11-21-12-10-19;1-9(10-5-7-11(14)8-6-10)15-12(16)17-13(2,3)4/h5-8,13H,9-12H2,1-4H3,(H,18,20);5-9H,1-4H3,(H,15,16)/t13-;9-/m00/s1. The molecule has 8 nitrogen and oxygen atoms in total. The van der Waals surface area contributed by atoms with Crippen LogP contribution in [0.3, 0.4) is 0 Å². The zero-order valence-electron chi connectivity index (χ0n) is 24.5. The number of amides is 2. The van der Waals surface area contributed by atoms with Gasteiger partial charge in [0.2, 0.25) is 0 Å². The molecule has 0 radical (unpaired) electrons. The molecule has 2 amide bonds. The number of benzene rings is 2. The maximum absolute atomic E-state index is 11.8. The van der Waals surface area contributed by atoms with E-state index in [-0.39, 0.29) is 12.1 Å². The average Bonchev–Trinajstić information content (AvgIpc) is 2.83. The summed E-state index contributed by atoms with van der Waals surface area (Å²) in [6, 6.07) is 15.9. The number of hydrogen-bond acceptors (Lipinski definition) is 6. The first-order chi connectivity index (χ1) is 18.1. The minimum atomic E-state index is -0.482. The Morgan fingerprint density at radius 2 is 1.15 bits per heavy atom. The Labute approximate surface area is 241 Å². The molecule has 1 heterocycles. The maximum Gasteiger partial charge on any atom is 0.408 e. The molecule has 2 atom stereocenters. The van der Waals surface area contributed by atoms with Gasteiger partial charge in [0.1, 0.15) is 11.2 Å². The summed E-state index contributed by atoms with van der Waals surface area (Å²) in [6.45, 7) is 18.4. The molecule has 216 valence electrons. The summed E-state index contributed by atoms with van der Waals surface area (Å²) in [5, 5.41) is 5.65. The van der Waals surface area contributed by atoms with Crippen LogP contribution in [0.5, 0.6) is 0 Å². The Kier molecular flexibility index (Phi) is 12.1. The van der Waals surface area contributed by atoms with E-state index in [1.54, 1.807) is 0 Å². The van der Waals surface area contributed by atoms with Crippen LogP contribution < -0.4 is 15.5 Å². The predicted molar refractivity (Wildman–Crippen MR) is 159 cm³/mol. The number of hydrogen-bond donors (Lipinski definition) is 2. The molecule has 0 spiro atoms. The van der Waals surface area contributed by atoms with E-state index in [1.807, 2.05) is 91.8 Å². The fraction of sp³-hybridized carbons (Fsp3) is 0.533. The van der Waals surface area contributed by atoms with Crippen LogP contribution in [0.2, 0.25) is 0 Å². The van der Waals surface area contributed by atoms with E-state index >= 15 is 0 Å². The number of morpholine rings is 1. The molecule has 1 aliphatic rings. The van der Waals surface area contributed by atoms with Gasteiger partial charge in [0, 0.05) is 23.2 Å². The Hall–Kier alpha value is -2.78. The van der Waals surface area contributed by atoms with E-state index in [0.717, 1.165) is 41.9 Å². The van der Waals surface area contributed by atoms with Gasteiger partial charge in [-0.2, -0.15) is 0 Å². The molecule has 0 saturated carbocycles. The van der Waals surface area contributed by atoms with Gasteiger partial charge in [-0.3, -0.25) is 0 Å². The quantitative estimate of drug-likeness (QED) is 0.376. The SMILES string of the molecule is C[C@H](NC(=O)OC(C)(C)C)c1ccc(Br)cc1.C[C@H](NC(=O)OC(C)(C)C)c1ccc(N2CCOCC2)cc1. The normalized spacial score (nSPS) is 15.3. The average molecular weight is 607 g/mol. The summed E-state index contributed by atoms with van der Waals surface area (Å²) in [5.41, 5.74) is 2.34. The van der Waals surface area contributed by atoms with E-state index in [4.69, 9.17) is 14.2 Å². The first kappa shape index (κ1) is 32.4. The smallest absolute Gasteiger partial charge is 0.408 e. The van der Waals surface area contributed by atoms with Crippen LogP contribution in [0, 0.1) is 0 Å². The van der Waals surface area contributed by atoms with Gasteiger partial charge in [-0.15, -0.1) is 0 Å². The van der Waals surface area contributed by atoms with Gasteiger partial charge in [-0.1, -0.05) is 40.2 Å². The third-order valence-corrected chi connectivity index (χ3v) is 6.13. The molecule has 2 aromatic carbocycles. The molecule has 2 aromatic rings. The summed E-state index contributed by atoms with van der Waals surface area (Å²) in [6.07, 6.45) is -0.787. The molecule has 0 aliphatic carbocycles. The lowest BCUT2D eigenvalue weighted by atomic mass is 10.1. The molecule has 0 bridgehead atoms. The highest BCUT2D eigenvalue weighted by Gasteiger charge is 2.19. The minimum Gasteiger partial charge on any atom is -0.444 e. The number of halogens is 1. The maximum atomic E-state index is 11.8. The molecule has 1 fully saturated rings. The van der Waals surface area contributed by atoms with Gasteiger partial charge in [-0.25, -0.2) is 9.59 Å². The monoisotopic (exact) mass is 605 g/mol. The zero-order chi connectivity index (χ0) is 29.2. The summed E-state index contributed by atoms with van der Waals surface area (Å²) >= 11 is 3.37. The van der Waals surface area contributed by atoms with Crippen LogP contribution in [-0.4, -0.2) is 49.7 Å². The number of alkyl carbamates (subject to hydrolysis) is 2. The summed E-state index contributed by atoms with van der Waals surface area (Å²) in [7, 11) is 0. The van der Waals surface area contributed by atoms with Crippen molar-refractivity contribution >= 4 is 33.8 Å². The molecule has 1 aliphatic heterocycles. The molecule has 0 unspecified atom stereocenters. The zero-order valence-corrected chi connectivity index (χ0v) is 26.1. The number of nitrogens with zero attached hydrogens (tertiary/aromatic N) is 1. The lowest BCUT2D eigenvalue weighted by molar-refractivity contribution is 0.0496. The third kappa shape index (κ3) is 12.7. The number of ether oxygens (including phenoxy) is 3. The van der Waals surface area contributed by atoms with Crippen molar-refractivity contribution in [3.05, 3.63) is 64.1 Å².